The number of benzene rings is 1. The van der Waals surface area contributed by atoms with Crippen molar-refractivity contribution in [2.75, 3.05) is 13.2 Å². The molecule has 1 aromatic carbocycles. The molecule has 1 aromatic rings. The standard InChI is InChI=1S/C31H39F5O5/c1-25(2)16-40-28(41-17-25)12-9-23-24-20(8-11-27(23,38)15-28)22-10-13-29(39,30(32,33)31(34,35)36)26(22,3)14-21(24)18-4-6-19(37)7-5-18/h4-7,20-22,37-39H,8-17H2,1-3H3/t20?,21-,22?,26+,27-,29?/m1/s1. The van der Waals surface area contributed by atoms with Crippen molar-refractivity contribution in [2.45, 2.75) is 107 Å². The number of allylic oxidation sites excluding steroid dienone is 1. The van der Waals surface area contributed by atoms with Crippen LogP contribution in [0.5, 0.6) is 5.75 Å². The van der Waals surface area contributed by atoms with E-state index in [0.717, 1.165) is 11.1 Å². The van der Waals surface area contributed by atoms with Crippen molar-refractivity contribution < 1.29 is 46.7 Å². The third-order valence-corrected chi connectivity index (χ3v) is 11.2. The molecule has 0 radical (unpaired) electrons. The van der Waals surface area contributed by atoms with Crippen LogP contribution in [0.2, 0.25) is 0 Å². The highest BCUT2D eigenvalue weighted by Crippen LogP contribution is 2.71. The lowest BCUT2D eigenvalue weighted by atomic mass is 9.49. The van der Waals surface area contributed by atoms with E-state index < -0.39 is 52.8 Å². The van der Waals surface area contributed by atoms with Crippen molar-refractivity contribution in [3.05, 3.63) is 41.0 Å². The van der Waals surface area contributed by atoms with Crippen molar-refractivity contribution in [3.63, 3.8) is 0 Å². The molecule has 6 atom stereocenters. The van der Waals surface area contributed by atoms with Gasteiger partial charge in [0.25, 0.3) is 0 Å². The Kier molecular flexibility index (Phi) is 6.36. The van der Waals surface area contributed by atoms with Crippen LogP contribution in [-0.2, 0) is 9.47 Å². The molecule has 1 saturated heterocycles. The number of halogens is 5. The van der Waals surface area contributed by atoms with Gasteiger partial charge in [-0.1, -0.05) is 38.5 Å². The summed E-state index contributed by atoms with van der Waals surface area (Å²) in [4.78, 5) is 0. The molecule has 0 bridgehead atoms. The minimum atomic E-state index is -5.90. The van der Waals surface area contributed by atoms with Crippen molar-refractivity contribution >= 4 is 0 Å². The Bertz CT molecular complexity index is 1230. The highest BCUT2D eigenvalue weighted by molar-refractivity contribution is 5.45. The topological polar surface area (TPSA) is 79.2 Å². The van der Waals surface area contributed by atoms with Crippen molar-refractivity contribution in [1.29, 1.82) is 0 Å². The fourth-order valence-corrected chi connectivity index (χ4v) is 9.01. The minimum absolute atomic E-state index is 0.00176. The summed E-state index contributed by atoms with van der Waals surface area (Å²) in [5, 5.41) is 33.5. The van der Waals surface area contributed by atoms with Gasteiger partial charge in [0, 0.05) is 29.6 Å². The van der Waals surface area contributed by atoms with Crippen LogP contribution in [0, 0.1) is 22.7 Å². The molecule has 1 spiro atoms. The molecule has 1 aliphatic heterocycles. The second-order valence-corrected chi connectivity index (χ2v) is 14.3. The monoisotopic (exact) mass is 586 g/mol. The van der Waals surface area contributed by atoms with Gasteiger partial charge in [0.2, 0.25) is 0 Å². The van der Waals surface area contributed by atoms with Crippen molar-refractivity contribution in [2.24, 2.45) is 22.7 Å². The van der Waals surface area contributed by atoms with E-state index in [4.69, 9.17) is 9.47 Å². The SMILES string of the molecule is CC1(C)COC2(CCC3=C4C(CC[C@@]3(O)C2)C2CCC(O)(C(F)(F)C(F)(F)F)[C@@]2(C)C[C@@H]4c2ccc(O)cc2)OC1. The Morgan fingerprint density at radius 3 is 2.12 bits per heavy atom. The summed E-state index contributed by atoms with van der Waals surface area (Å²) in [6, 6.07) is 6.23. The quantitative estimate of drug-likeness (QED) is 0.268. The van der Waals surface area contributed by atoms with E-state index >= 15 is 8.78 Å². The van der Waals surface area contributed by atoms with E-state index in [-0.39, 0.29) is 36.3 Å². The zero-order valence-corrected chi connectivity index (χ0v) is 23.7. The number of ether oxygens (including phenoxy) is 2. The number of fused-ring (bicyclic) bond motifs is 4. The van der Waals surface area contributed by atoms with Crippen LogP contribution in [0.3, 0.4) is 0 Å². The van der Waals surface area contributed by atoms with Crippen LogP contribution in [0.25, 0.3) is 0 Å². The van der Waals surface area contributed by atoms with Crippen LogP contribution < -0.4 is 0 Å². The lowest BCUT2D eigenvalue weighted by Crippen LogP contribution is -2.65. The fraction of sp³-hybridized carbons (Fsp3) is 0.742. The molecule has 4 aliphatic carbocycles. The van der Waals surface area contributed by atoms with E-state index in [2.05, 4.69) is 0 Å². The predicted molar refractivity (Wildman–Crippen MR) is 139 cm³/mol. The molecular weight excluding hydrogens is 547 g/mol. The average molecular weight is 587 g/mol. The summed E-state index contributed by atoms with van der Waals surface area (Å²) in [6.07, 6.45) is -4.80. The number of aromatic hydroxyl groups is 1. The second-order valence-electron chi connectivity index (χ2n) is 14.3. The molecule has 5 nitrogen and oxygen atoms in total. The van der Waals surface area contributed by atoms with Gasteiger partial charge in [0.05, 0.1) is 18.8 Å². The van der Waals surface area contributed by atoms with Crippen LogP contribution in [0.4, 0.5) is 22.0 Å². The fourth-order valence-electron chi connectivity index (χ4n) is 9.01. The maximum atomic E-state index is 15.1. The smallest absolute Gasteiger partial charge is 0.456 e. The third kappa shape index (κ3) is 4.14. The molecule has 3 saturated carbocycles. The van der Waals surface area contributed by atoms with Gasteiger partial charge < -0.3 is 24.8 Å². The number of hydrogen-bond acceptors (Lipinski definition) is 5. The molecule has 228 valence electrons. The molecule has 10 heteroatoms. The zero-order valence-electron chi connectivity index (χ0n) is 23.7. The number of phenolic OH excluding ortho intramolecular Hbond substituents is 1. The molecule has 3 N–H and O–H groups in total. The number of hydrogen-bond donors (Lipinski definition) is 3. The summed E-state index contributed by atoms with van der Waals surface area (Å²) in [5.74, 6) is -7.82. The van der Waals surface area contributed by atoms with E-state index in [9.17, 15) is 28.5 Å². The average Bonchev–Trinajstić information content (AvgIpc) is 3.16. The summed E-state index contributed by atoms with van der Waals surface area (Å²) in [7, 11) is 0. The molecule has 0 aromatic heterocycles. The van der Waals surface area contributed by atoms with Crippen molar-refractivity contribution in [1.82, 2.24) is 0 Å². The third-order valence-electron chi connectivity index (χ3n) is 11.2. The normalized spacial score (nSPS) is 40.2. The highest BCUT2D eigenvalue weighted by Gasteiger charge is 2.79. The van der Waals surface area contributed by atoms with Crippen molar-refractivity contribution in [3.8, 4) is 5.75 Å². The number of alkyl halides is 5. The first-order valence-corrected chi connectivity index (χ1v) is 14.6. The molecular formula is C31H39F5O5. The lowest BCUT2D eigenvalue weighted by molar-refractivity contribution is -0.362. The summed E-state index contributed by atoms with van der Waals surface area (Å²) in [6.45, 7) is 6.45. The molecule has 0 amide bonds. The van der Waals surface area contributed by atoms with Gasteiger partial charge in [-0.25, -0.2) is 0 Å². The molecule has 1 heterocycles. The Labute approximate surface area is 236 Å². The maximum Gasteiger partial charge on any atom is 0.456 e. The Balaban J connectivity index is 1.45. The van der Waals surface area contributed by atoms with Gasteiger partial charge in [-0.15, -0.1) is 0 Å². The number of rotatable bonds is 2. The molecule has 5 aliphatic rings. The van der Waals surface area contributed by atoms with Gasteiger partial charge in [-0.2, -0.15) is 22.0 Å². The lowest BCUT2D eigenvalue weighted by Gasteiger charge is -2.59. The highest BCUT2D eigenvalue weighted by atomic mass is 19.4. The first-order valence-electron chi connectivity index (χ1n) is 14.6. The van der Waals surface area contributed by atoms with Gasteiger partial charge >= 0.3 is 12.1 Å². The van der Waals surface area contributed by atoms with E-state index in [1.54, 1.807) is 12.1 Å². The molecule has 6 rings (SSSR count). The molecule has 41 heavy (non-hydrogen) atoms. The van der Waals surface area contributed by atoms with Gasteiger partial charge in [0.1, 0.15) is 11.4 Å². The predicted octanol–water partition coefficient (Wildman–Crippen LogP) is 6.62. The number of aliphatic hydroxyl groups is 2. The summed E-state index contributed by atoms with van der Waals surface area (Å²) < 4.78 is 84.0. The van der Waals surface area contributed by atoms with Crippen LogP contribution in [0.1, 0.15) is 83.6 Å². The van der Waals surface area contributed by atoms with Gasteiger partial charge in [0.15, 0.2) is 5.79 Å². The summed E-state index contributed by atoms with van der Waals surface area (Å²) >= 11 is 0. The largest absolute Gasteiger partial charge is 0.508 e. The summed E-state index contributed by atoms with van der Waals surface area (Å²) in [5.41, 5.74) is -4.09. The van der Waals surface area contributed by atoms with Crippen LogP contribution in [0.15, 0.2) is 35.4 Å². The zero-order chi connectivity index (χ0) is 29.9. The van der Waals surface area contributed by atoms with E-state index in [1.165, 1.54) is 19.1 Å². The molecule has 4 fully saturated rings. The molecule has 3 unspecified atom stereocenters. The number of phenols is 1. The Morgan fingerprint density at radius 2 is 1.51 bits per heavy atom. The van der Waals surface area contributed by atoms with E-state index in [1.807, 2.05) is 13.8 Å². The van der Waals surface area contributed by atoms with Crippen LogP contribution >= 0.6 is 0 Å². The maximum absolute atomic E-state index is 15.1. The second kappa shape index (κ2) is 8.89. The first kappa shape index (κ1) is 29.3. The Hall–Kier alpha value is -1.75. The first-order chi connectivity index (χ1) is 18.9. The van der Waals surface area contributed by atoms with Gasteiger partial charge in [-0.3, -0.25) is 0 Å². The minimum Gasteiger partial charge on any atom is -0.508 e. The van der Waals surface area contributed by atoms with Gasteiger partial charge in [-0.05, 0) is 73.6 Å². The van der Waals surface area contributed by atoms with Crippen LogP contribution in [-0.4, -0.2) is 57.6 Å². The Morgan fingerprint density at radius 1 is 0.878 bits per heavy atom. The van der Waals surface area contributed by atoms with E-state index in [0.29, 0.717) is 44.5 Å².